The SMILES string of the molecule is COc1ccccc1CNC(=O)c1sc(=S)n2c1[nH]c(=O)c1cc(Cl)ccc12. The molecule has 0 aliphatic rings. The molecule has 9 heteroatoms. The van der Waals surface area contributed by atoms with Crippen LogP contribution in [0.4, 0.5) is 0 Å². The largest absolute Gasteiger partial charge is 0.496 e. The molecule has 4 aromatic rings. The van der Waals surface area contributed by atoms with E-state index in [1.54, 1.807) is 29.7 Å². The summed E-state index contributed by atoms with van der Waals surface area (Å²) in [5.74, 6) is 0.363. The maximum absolute atomic E-state index is 12.8. The molecule has 142 valence electrons. The zero-order valence-corrected chi connectivity index (χ0v) is 17.0. The summed E-state index contributed by atoms with van der Waals surface area (Å²) in [6.45, 7) is 0.285. The van der Waals surface area contributed by atoms with Crippen molar-refractivity contribution in [2.24, 2.45) is 0 Å². The summed E-state index contributed by atoms with van der Waals surface area (Å²) in [7, 11) is 1.58. The molecule has 0 bridgehead atoms. The van der Waals surface area contributed by atoms with Gasteiger partial charge in [-0.2, -0.15) is 0 Å². The Balaban J connectivity index is 1.76. The van der Waals surface area contributed by atoms with Crippen molar-refractivity contribution in [3.8, 4) is 5.75 Å². The Hall–Kier alpha value is -2.68. The number of rotatable bonds is 4. The Kier molecular flexibility index (Phi) is 4.92. The summed E-state index contributed by atoms with van der Waals surface area (Å²) < 4.78 is 7.45. The van der Waals surface area contributed by atoms with E-state index >= 15 is 0 Å². The van der Waals surface area contributed by atoms with E-state index in [-0.39, 0.29) is 18.0 Å². The minimum Gasteiger partial charge on any atom is -0.496 e. The second-order valence-electron chi connectivity index (χ2n) is 5.99. The number of H-pyrrole nitrogens is 1. The molecule has 4 rings (SSSR count). The first-order valence-corrected chi connectivity index (χ1v) is 9.87. The number of ether oxygens (including phenoxy) is 1. The van der Waals surface area contributed by atoms with Crippen LogP contribution >= 0.6 is 35.2 Å². The lowest BCUT2D eigenvalue weighted by Gasteiger charge is -2.09. The smallest absolute Gasteiger partial charge is 0.265 e. The molecule has 0 spiro atoms. The van der Waals surface area contributed by atoms with Crippen molar-refractivity contribution in [3.63, 3.8) is 0 Å². The number of hydrogen-bond acceptors (Lipinski definition) is 5. The first kappa shape index (κ1) is 18.7. The van der Waals surface area contributed by atoms with Gasteiger partial charge in [0, 0.05) is 17.1 Å². The van der Waals surface area contributed by atoms with E-state index in [1.807, 2.05) is 24.3 Å². The van der Waals surface area contributed by atoms with Crippen LogP contribution in [0.2, 0.25) is 5.02 Å². The number of aromatic amines is 1. The molecule has 2 N–H and O–H groups in total. The molecule has 2 aromatic heterocycles. The number of nitrogens with one attached hydrogen (secondary N) is 2. The van der Waals surface area contributed by atoms with Crippen molar-refractivity contribution < 1.29 is 9.53 Å². The predicted octanol–water partition coefficient (Wildman–Crippen LogP) is 4.16. The van der Waals surface area contributed by atoms with Crippen molar-refractivity contribution in [1.82, 2.24) is 14.7 Å². The fraction of sp³-hybridized carbons (Fsp3) is 0.105. The normalized spacial score (nSPS) is 11.1. The lowest BCUT2D eigenvalue weighted by atomic mass is 10.2. The highest BCUT2D eigenvalue weighted by molar-refractivity contribution is 7.73. The minimum atomic E-state index is -0.330. The van der Waals surface area contributed by atoms with Crippen molar-refractivity contribution >= 4 is 57.6 Å². The van der Waals surface area contributed by atoms with Crippen molar-refractivity contribution in [3.05, 3.63) is 72.2 Å². The monoisotopic (exact) mass is 431 g/mol. The molecule has 0 aliphatic heterocycles. The van der Waals surface area contributed by atoms with Crippen LogP contribution in [0.5, 0.6) is 5.75 Å². The maximum Gasteiger partial charge on any atom is 0.265 e. The van der Waals surface area contributed by atoms with Crippen LogP contribution in [0.25, 0.3) is 16.6 Å². The van der Waals surface area contributed by atoms with Gasteiger partial charge in [0.2, 0.25) is 0 Å². The van der Waals surface area contributed by atoms with Gasteiger partial charge in [0.05, 0.1) is 18.0 Å². The molecule has 0 fully saturated rings. The molecular weight excluding hydrogens is 418 g/mol. The molecule has 0 saturated heterocycles. The molecule has 0 unspecified atom stereocenters. The molecule has 2 heterocycles. The number of para-hydroxylation sites is 1. The summed E-state index contributed by atoms with van der Waals surface area (Å²) in [5, 5.41) is 3.73. The van der Waals surface area contributed by atoms with Gasteiger partial charge in [0.1, 0.15) is 16.3 Å². The number of benzene rings is 2. The molecule has 0 aliphatic carbocycles. The second-order valence-corrected chi connectivity index (χ2v) is 8.07. The van der Waals surface area contributed by atoms with Gasteiger partial charge in [-0.1, -0.05) is 41.1 Å². The zero-order valence-electron chi connectivity index (χ0n) is 14.6. The van der Waals surface area contributed by atoms with E-state index in [1.165, 1.54) is 0 Å². The van der Waals surface area contributed by atoms with E-state index in [4.69, 9.17) is 28.6 Å². The van der Waals surface area contributed by atoms with Crippen LogP contribution in [0.1, 0.15) is 15.2 Å². The fourth-order valence-corrected chi connectivity index (χ4v) is 4.50. The van der Waals surface area contributed by atoms with Gasteiger partial charge < -0.3 is 15.0 Å². The van der Waals surface area contributed by atoms with Crippen molar-refractivity contribution in [2.75, 3.05) is 7.11 Å². The Labute approximate surface area is 173 Å². The van der Waals surface area contributed by atoms with E-state index in [0.717, 1.165) is 16.9 Å². The van der Waals surface area contributed by atoms with E-state index in [0.29, 0.717) is 36.2 Å². The average Bonchev–Trinajstić information content (AvgIpc) is 3.03. The van der Waals surface area contributed by atoms with Gasteiger partial charge in [-0.15, -0.1) is 0 Å². The Bertz CT molecular complexity index is 1340. The number of thiazole rings is 1. The highest BCUT2D eigenvalue weighted by Crippen LogP contribution is 2.24. The highest BCUT2D eigenvalue weighted by Gasteiger charge is 2.18. The lowest BCUT2D eigenvalue weighted by molar-refractivity contribution is 0.0956. The Morgan fingerprint density at radius 3 is 2.89 bits per heavy atom. The summed E-state index contributed by atoms with van der Waals surface area (Å²) >= 11 is 12.6. The van der Waals surface area contributed by atoms with Crippen LogP contribution in [0.3, 0.4) is 0 Å². The Morgan fingerprint density at radius 1 is 1.32 bits per heavy atom. The summed E-state index contributed by atoms with van der Waals surface area (Å²) in [6.07, 6.45) is 0. The molecule has 0 radical (unpaired) electrons. The molecule has 1 amide bonds. The van der Waals surface area contributed by atoms with Crippen LogP contribution < -0.4 is 15.6 Å². The van der Waals surface area contributed by atoms with Gasteiger partial charge in [0.15, 0.2) is 3.95 Å². The number of fused-ring (bicyclic) bond motifs is 3. The number of amides is 1. The minimum absolute atomic E-state index is 0.285. The van der Waals surface area contributed by atoms with Crippen LogP contribution in [0.15, 0.2) is 47.3 Å². The topological polar surface area (TPSA) is 75.6 Å². The third kappa shape index (κ3) is 3.19. The van der Waals surface area contributed by atoms with Crippen LogP contribution in [-0.2, 0) is 6.54 Å². The molecule has 2 aromatic carbocycles. The van der Waals surface area contributed by atoms with Crippen molar-refractivity contribution in [1.29, 1.82) is 0 Å². The molecule has 0 saturated carbocycles. The van der Waals surface area contributed by atoms with Crippen LogP contribution in [-0.4, -0.2) is 22.4 Å². The summed E-state index contributed by atoms with van der Waals surface area (Å²) in [5.41, 5.74) is 1.49. The second kappa shape index (κ2) is 7.38. The van der Waals surface area contributed by atoms with E-state index in [9.17, 15) is 9.59 Å². The quantitative estimate of drug-likeness (QED) is 0.476. The van der Waals surface area contributed by atoms with Gasteiger partial charge >= 0.3 is 0 Å². The molecule has 0 atom stereocenters. The van der Waals surface area contributed by atoms with Gasteiger partial charge in [-0.25, -0.2) is 0 Å². The summed E-state index contributed by atoms with van der Waals surface area (Å²) in [4.78, 5) is 28.4. The standard InChI is InChI=1S/C19H14ClN3O3S2/c1-26-14-5-3-2-4-10(14)9-21-18(25)15-16-22-17(24)12-8-11(20)6-7-13(12)23(16)19(27)28-15/h2-8H,9H2,1H3,(H,21,25)(H,22,24). The van der Waals surface area contributed by atoms with E-state index < -0.39 is 0 Å². The van der Waals surface area contributed by atoms with Gasteiger partial charge in [-0.3, -0.25) is 14.0 Å². The lowest BCUT2D eigenvalue weighted by Crippen LogP contribution is -2.23. The number of halogens is 1. The van der Waals surface area contributed by atoms with Gasteiger partial charge in [0.25, 0.3) is 11.5 Å². The first-order valence-electron chi connectivity index (χ1n) is 8.27. The van der Waals surface area contributed by atoms with Crippen LogP contribution in [0, 0.1) is 3.95 Å². The zero-order chi connectivity index (χ0) is 19.8. The first-order chi connectivity index (χ1) is 13.5. The van der Waals surface area contributed by atoms with Gasteiger partial charge in [-0.05, 0) is 36.5 Å². The Morgan fingerprint density at radius 2 is 2.11 bits per heavy atom. The maximum atomic E-state index is 12.8. The number of aromatic nitrogens is 2. The average molecular weight is 432 g/mol. The number of hydrogen-bond donors (Lipinski definition) is 2. The highest BCUT2D eigenvalue weighted by atomic mass is 35.5. The van der Waals surface area contributed by atoms with Crippen molar-refractivity contribution in [2.45, 2.75) is 6.54 Å². The third-order valence-electron chi connectivity index (χ3n) is 4.32. The number of carbonyl (C=O) groups is 1. The molecular formula is C19H14ClN3O3S2. The fourth-order valence-electron chi connectivity index (χ4n) is 3.02. The molecule has 28 heavy (non-hydrogen) atoms. The van der Waals surface area contributed by atoms with E-state index in [2.05, 4.69) is 10.3 Å². The predicted molar refractivity (Wildman–Crippen MR) is 113 cm³/mol. The summed E-state index contributed by atoms with van der Waals surface area (Å²) in [6, 6.07) is 12.4. The number of nitrogens with zero attached hydrogens (tertiary/aromatic N) is 1. The molecule has 6 nitrogen and oxygen atoms in total. The third-order valence-corrected chi connectivity index (χ3v) is 5.93. The number of carbonyl (C=O) groups excluding carboxylic acids is 1. The number of methoxy groups -OCH3 is 1.